The lowest BCUT2D eigenvalue weighted by Gasteiger charge is -2.45. The van der Waals surface area contributed by atoms with Crippen LogP contribution in [0.3, 0.4) is 0 Å². The highest BCUT2D eigenvalue weighted by atomic mass is 35.5. The smallest absolute Gasteiger partial charge is 0.303 e. The highest BCUT2D eigenvalue weighted by molar-refractivity contribution is 6.30. The number of likely N-dealkylation sites (tertiary alicyclic amines) is 1. The molecule has 1 saturated carbocycles. The van der Waals surface area contributed by atoms with Crippen molar-refractivity contribution in [2.24, 2.45) is 11.8 Å². The average molecular weight is 446 g/mol. The number of nitrogens with zero attached hydrogens (tertiary/aromatic N) is 1. The Balaban J connectivity index is 1.75. The molecule has 3 atom stereocenters. The summed E-state index contributed by atoms with van der Waals surface area (Å²) in [5.41, 5.74) is 2.13. The Kier molecular flexibility index (Phi) is 6.35. The van der Waals surface area contributed by atoms with E-state index in [1.54, 1.807) is 0 Å². The minimum atomic E-state index is -0.865. The Hall–Kier alpha value is -2.04. The normalized spacial score (nSPS) is 24.1. The SMILES string of the molecule is O=C(O)CC[C@H]1C[C@H](c2cccc(Cl)c2)[C@@H](c2ccc(Cl)cc2)N(CC2CC2)C1=O. The van der Waals surface area contributed by atoms with Crippen LogP contribution < -0.4 is 0 Å². The largest absolute Gasteiger partial charge is 0.481 e. The van der Waals surface area contributed by atoms with Gasteiger partial charge in [0.05, 0.1) is 6.04 Å². The van der Waals surface area contributed by atoms with Crippen molar-refractivity contribution in [2.75, 3.05) is 6.54 Å². The Morgan fingerprint density at radius 2 is 1.77 bits per heavy atom. The standard InChI is InChI=1S/C24H25Cl2NO3/c25-19-9-6-16(7-10-19)23-21(17-2-1-3-20(26)12-17)13-18(8-11-22(28)29)24(30)27(23)14-15-4-5-15/h1-3,6-7,9-10,12,15,18,21,23H,4-5,8,11,13-14H2,(H,28,29)/t18-,21+,23+/m0/s1. The molecule has 0 spiro atoms. The van der Waals surface area contributed by atoms with Crippen molar-refractivity contribution in [2.45, 2.75) is 44.1 Å². The van der Waals surface area contributed by atoms with Crippen LogP contribution in [0, 0.1) is 11.8 Å². The van der Waals surface area contributed by atoms with Crippen LogP contribution in [0.2, 0.25) is 10.0 Å². The fourth-order valence-corrected chi connectivity index (χ4v) is 4.90. The number of carboxylic acids is 1. The number of carbonyl (C=O) groups excluding carboxylic acids is 1. The molecule has 2 fully saturated rings. The molecule has 158 valence electrons. The number of hydrogen-bond acceptors (Lipinski definition) is 2. The fourth-order valence-electron chi connectivity index (χ4n) is 4.57. The van der Waals surface area contributed by atoms with Gasteiger partial charge in [-0.05, 0) is 67.0 Å². The minimum Gasteiger partial charge on any atom is -0.481 e. The minimum absolute atomic E-state index is 0.00154. The highest BCUT2D eigenvalue weighted by Gasteiger charge is 2.44. The summed E-state index contributed by atoms with van der Waals surface area (Å²) in [6, 6.07) is 15.4. The maximum Gasteiger partial charge on any atom is 0.303 e. The van der Waals surface area contributed by atoms with Crippen molar-refractivity contribution in [3.63, 3.8) is 0 Å². The van der Waals surface area contributed by atoms with E-state index >= 15 is 0 Å². The molecule has 4 rings (SSSR count). The van der Waals surface area contributed by atoms with E-state index in [1.165, 1.54) is 0 Å². The van der Waals surface area contributed by atoms with Crippen molar-refractivity contribution in [1.82, 2.24) is 4.90 Å². The predicted molar refractivity (Wildman–Crippen MR) is 118 cm³/mol. The molecular formula is C24H25Cl2NO3. The number of piperidine rings is 1. The molecule has 0 bridgehead atoms. The van der Waals surface area contributed by atoms with Crippen LogP contribution in [0.25, 0.3) is 0 Å². The fraction of sp³-hybridized carbons (Fsp3) is 0.417. The molecule has 4 nitrogen and oxygen atoms in total. The van der Waals surface area contributed by atoms with E-state index < -0.39 is 5.97 Å². The molecule has 2 aromatic rings. The summed E-state index contributed by atoms with van der Waals surface area (Å²) >= 11 is 12.4. The average Bonchev–Trinajstić information content (AvgIpc) is 3.53. The molecule has 2 aliphatic rings. The first-order chi connectivity index (χ1) is 14.4. The van der Waals surface area contributed by atoms with Crippen LogP contribution in [0.15, 0.2) is 48.5 Å². The van der Waals surface area contributed by atoms with Gasteiger partial charge < -0.3 is 10.0 Å². The summed E-state index contributed by atoms with van der Waals surface area (Å²) in [6.07, 6.45) is 3.25. The number of halogens is 2. The molecule has 1 aliphatic heterocycles. The lowest BCUT2D eigenvalue weighted by molar-refractivity contribution is -0.145. The summed E-state index contributed by atoms with van der Waals surface area (Å²) in [7, 11) is 0. The molecule has 1 amide bonds. The van der Waals surface area contributed by atoms with Crippen molar-refractivity contribution >= 4 is 35.1 Å². The van der Waals surface area contributed by atoms with Crippen molar-refractivity contribution in [1.29, 1.82) is 0 Å². The topological polar surface area (TPSA) is 57.6 Å². The highest BCUT2D eigenvalue weighted by Crippen LogP contribution is 2.48. The van der Waals surface area contributed by atoms with Crippen LogP contribution in [-0.4, -0.2) is 28.4 Å². The molecule has 0 radical (unpaired) electrons. The van der Waals surface area contributed by atoms with E-state index in [0.29, 0.717) is 35.3 Å². The van der Waals surface area contributed by atoms with E-state index in [1.807, 2.05) is 47.4 Å². The second-order valence-electron chi connectivity index (χ2n) is 8.46. The number of aliphatic carboxylic acids is 1. The van der Waals surface area contributed by atoms with Crippen LogP contribution >= 0.6 is 23.2 Å². The van der Waals surface area contributed by atoms with Crippen LogP contribution in [0.5, 0.6) is 0 Å². The van der Waals surface area contributed by atoms with E-state index in [-0.39, 0.29) is 30.2 Å². The van der Waals surface area contributed by atoms with E-state index in [2.05, 4.69) is 6.07 Å². The number of benzene rings is 2. The third kappa shape index (κ3) is 4.81. The third-order valence-electron chi connectivity index (χ3n) is 6.23. The first-order valence-electron chi connectivity index (χ1n) is 10.5. The van der Waals surface area contributed by atoms with Gasteiger partial charge in [-0.3, -0.25) is 9.59 Å². The Morgan fingerprint density at radius 1 is 1.03 bits per heavy atom. The quantitative estimate of drug-likeness (QED) is 0.573. The predicted octanol–water partition coefficient (Wildman–Crippen LogP) is 5.94. The maximum atomic E-state index is 13.5. The zero-order valence-electron chi connectivity index (χ0n) is 16.6. The van der Waals surface area contributed by atoms with Gasteiger partial charge >= 0.3 is 5.97 Å². The Morgan fingerprint density at radius 3 is 2.40 bits per heavy atom. The third-order valence-corrected chi connectivity index (χ3v) is 6.72. The van der Waals surface area contributed by atoms with Gasteiger partial charge in [-0.15, -0.1) is 0 Å². The van der Waals surface area contributed by atoms with Crippen LogP contribution in [0.4, 0.5) is 0 Å². The molecule has 0 aromatic heterocycles. The zero-order chi connectivity index (χ0) is 21.3. The summed E-state index contributed by atoms with van der Waals surface area (Å²) in [5.74, 6) is -0.522. The number of amides is 1. The second kappa shape index (κ2) is 8.99. The monoisotopic (exact) mass is 445 g/mol. The molecule has 1 N–H and O–H groups in total. The summed E-state index contributed by atoms with van der Waals surface area (Å²) in [6.45, 7) is 0.715. The molecule has 6 heteroatoms. The lowest BCUT2D eigenvalue weighted by atomic mass is 9.74. The number of hydrogen-bond donors (Lipinski definition) is 1. The van der Waals surface area contributed by atoms with Crippen LogP contribution in [0.1, 0.15) is 55.2 Å². The van der Waals surface area contributed by atoms with Crippen molar-refractivity contribution in [3.8, 4) is 0 Å². The van der Waals surface area contributed by atoms with E-state index in [4.69, 9.17) is 23.2 Å². The summed E-state index contributed by atoms with van der Waals surface area (Å²) < 4.78 is 0. The molecule has 0 unspecified atom stereocenters. The molecule has 1 saturated heterocycles. The Labute approximate surface area is 186 Å². The molecule has 2 aromatic carbocycles. The van der Waals surface area contributed by atoms with E-state index in [9.17, 15) is 14.7 Å². The zero-order valence-corrected chi connectivity index (χ0v) is 18.1. The van der Waals surface area contributed by atoms with Gasteiger partial charge in [0, 0.05) is 34.8 Å². The van der Waals surface area contributed by atoms with Gasteiger partial charge in [0.25, 0.3) is 0 Å². The molecule has 1 heterocycles. The lowest BCUT2D eigenvalue weighted by Crippen LogP contribution is -2.47. The second-order valence-corrected chi connectivity index (χ2v) is 9.33. The van der Waals surface area contributed by atoms with Crippen molar-refractivity contribution < 1.29 is 14.7 Å². The first kappa shape index (κ1) is 21.2. The van der Waals surface area contributed by atoms with Gasteiger partial charge in [-0.1, -0.05) is 47.5 Å². The van der Waals surface area contributed by atoms with Crippen molar-refractivity contribution in [3.05, 3.63) is 69.7 Å². The van der Waals surface area contributed by atoms with Gasteiger partial charge in [0.15, 0.2) is 0 Å². The number of rotatable bonds is 7. The van der Waals surface area contributed by atoms with Gasteiger partial charge in [0.1, 0.15) is 0 Å². The Bertz CT molecular complexity index is 926. The van der Waals surface area contributed by atoms with Gasteiger partial charge in [-0.25, -0.2) is 0 Å². The summed E-state index contributed by atoms with van der Waals surface area (Å²) in [5, 5.41) is 10.5. The summed E-state index contributed by atoms with van der Waals surface area (Å²) in [4.78, 5) is 26.7. The molecule has 30 heavy (non-hydrogen) atoms. The number of carbonyl (C=O) groups is 2. The maximum absolute atomic E-state index is 13.5. The number of carboxylic acid groups (broad SMARTS) is 1. The first-order valence-corrected chi connectivity index (χ1v) is 11.2. The van der Waals surface area contributed by atoms with Gasteiger partial charge in [-0.2, -0.15) is 0 Å². The van der Waals surface area contributed by atoms with E-state index in [0.717, 1.165) is 24.0 Å². The molecule has 1 aliphatic carbocycles. The van der Waals surface area contributed by atoms with Gasteiger partial charge in [0.2, 0.25) is 5.91 Å². The van der Waals surface area contributed by atoms with Crippen LogP contribution in [-0.2, 0) is 9.59 Å². The molecular weight excluding hydrogens is 421 g/mol.